The van der Waals surface area contributed by atoms with Crippen molar-refractivity contribution in [2.45, 2.75) is 0 Å². The molecule has 0 unspecified atom stereocenters. The Bertz CT molecular complexity index is 128. The molecule has 0 radical (unpaired) electrons. The number of aliphatic hydroxyl groups excluding tert-OH is 2. The van der Waals surface area contributed by atoms with Crippen molar-refractivity contribution in [1.29, 1.82) is 0 Å². The van der Waals surface area contributed by atoms with Gasteiger partial charge in [0, 0.05) is 17.8 Å². The van der Waals surface area contributed by atoms with E-state index in [1.165, 1.54) is 0 Å². The Morgan fingerprint density at radius 3 is 2.27 bits per heavy atom. The third-order valence-electron chi connectivity index (χ3n) is 1.43. The predicted molar refractivity (Wildman–Crippen MR) is 69.7 cm³/mol. The van der Waals surface area contributed by atoms with Crippen molar-refractivity contribution >= 4 is 28.7 Å². The molecule has 0 aromatic carbocycles. The van der Waals surface area contributed by atoms with Crippen molar-refractivity contribution in [2.75, 3.05) is 52.8 Å². The lowest BCUT2D eigenvalue weighted by atomic mass is 10.5. The van der Waals surface area contributed by atoms with Gasteiger partial charge in [-0.25, -0.2) is 0 Å². The first kappa shape index (κ1) is 17.7. The van der Waals surface area contributed by atoms with Gasteiger partial charge in [-0.05, 0) is 13.3 Å². The van der Waals surface area contributed by atoms with Crippen LogP contribution in [0.1, 0.15) is 0 Å². The van der Waals surface area contributed by atoms with Gasteiger partial charge in [-0.1, -0.05) is 12.2 Å². The van der Waals surface area contributed by atoms with Gasteiger partial charge < -0.3 is 19.8 Å². The van der Waals surface area contributed by atoms with E-state index < -0.39 is 0 Å². The lowest BCUT2D eigenvalue weighted by Gasteiger charge is -2.14. The van der Waals surface area contributed by atoms with Crippen LogP contribution in [0.3, 0.4) is 0 Å². The largest absolute Gasteiger partial charge is 0.395 e. The Kier molecular flexibility index (Phi) is 19.7. The molecule has 2 N–H and O–H groups in total. The Hall–Kier alpha value is 0.280. The van der Waals surface area contributed by atoms with Gasteiger partial charge in [-0.3, -0.25) is 0 Å². The fourth-order valence-electron chi connectivity index (χ4n) is 0.670. The Morgan fingerprint density at radius 2 is 1.87 bits per heavy atom. The summed E-state index contributed by atoms with van der Waals surface area (Å²) < 4.78 is 6.65. The molecule has 6 heteroatoms. The van der Waals surface area contributed by atoms with Crippen LogP contribution in [-0.2, 0) is 4.74 Å². The summed E-state index contributed by atoms with van der Waals surface area (Å²) in [4.78, 5) is 1.97. The summed E-state index contributed by atoms with van der Waals surface area (Å²) in [5.41, 5.74) is 0. The van der Waals surface area contributed by atoms with E-state index in [1.807, 2.05) is 18.2 Å². The average Bonchev–Trinajstić information content (AvgIpc) is 2.25. The molecule has 0 aromatic heterocycles. The van der Waals surface area contributed by atoms with E-state index in [4.69, 9.17) is 14.9 Å². The van der Waals surface area contributed by atoms with Crippen LogP contribution in [0, 0.1) is 0 Å². The summed E-state index contributed by atoms with van der Waals surface area (Å²) in [5.74, 6) is 0. The third kappa shape index (κ3) is 20.4. The molecule has 0 aliphatic carbocycles. The maximum atomic E-state index is 8.52. The van der Waals surface area contributed by atoms with Gasteiger partial charge in [0.2, 0.25) is 0 Å². The number of ether oxygens (including phenoxy) is 1. The molecule has 0 spiro atoms. The molecular weight excluding hydrogens is 234 g/mol. The second-order valence-corrected chi connectivity index (χ2v) is 3.94. The van der Waals surface area contributed by atoms with Gasteiger partial charge in [0.15, 0.2) is 0 Å². The zero-order valence-corrected chi connectivity index (χ0v) is 11.0. The summed E-state index contributed by atoms with van der Waals surface area (Å²) in [7, 11) is 1.92. The minimum absolute atomic E-state index is 0.0731. The number of thioether (sulfide) groups is 1. The standard InChI is InChI=1S/C7H17NO3.C2H4S2/c1-8(2-4-9)3-6-11-7-5-10;1-4-2-3/h9-10H,2-7H2,1H3;2H,1H3. The van der Waals surface area contributed by atoms with E-state index in [0.29, 0.717) is 19.8 Å². The molecule has 15 heavy (non-hydrogen) atoms. The number of likely N-dealkylation sites (N-methyl/N-ethyl adjacent to an activating group) is 1. The first-order valence-electron chi connectivity index (χ1n) is 4.67. The van der Waals surface area contributed by atoms with Crippen LogP contribution in [0.25, 0.3) is 0 Å². The van der Waals surface area contributed by atoms with Crippen molar-refractivity contribution in [3.8, 4) is 0 Å². The SMILES string of the molecule is CN(CCO)CCOCCO.CSC=S. The maximum Gasteiger partial charge on any atom is 0.0698 e. The molecule has 0 aliphatic rings. The molecule has 0 saturated carbocycles. The Balaban J connectivity index is 0. The summed E-state index contributed by atoms with van der Waals surface area (Å²) in [5, 5.41) is 16.9. The van der Waals surface area contributed by atoms with Crippen molar-refractivity contribution in [2.24, 2.45) is 0 Å². The van der Waals surface area contributed by atoms with Crippen molar-refractivity contribution in [3.63, 3.8) is 0 Å². The maximum absolute atomic E-state index is 8.52. The first-order chi connectivity index (χ1) is 7.22. The van der Waals surface area contributed by atoms with E-state index in [-0.39, 0.29) is 13.2 Å². The second kappa shape index (κ2) is 16.7. The quantitative estimate of drug-likeness (QED) is 0.478. The molecule has 0 fully saturated rings. The second-order valence-electron chi connectivity index (χ2n) is 2.69. The van der Waals surface area contributed by atoms with Gasteiger partial charge in [0.25, 0.3) is 0 Å². The summed E-state index contributed by atoms with van der Waals surface area (Å²) in [6.07, 6.45) is 1.94. The van der Waals surface area contributed by atoms with Crippen molar-refractivity contribution in [3.05, 3.63) is 0 Å². The molecule has 0 amide bonds. The molecule has 4 nitrogen and oxygen atoms in total. The molecule has 0 aromatic rings. The van der Waals surface area contributed by atoms with Crippen LogP contribution in [0.5, 0.6) is 0 Å². The highest BCUT2D eigenvalue weighted by atomic mass is 32.2. The average molecular weight is 255 g/mol. The van der Waals surface area contributed by atoms with Crippen molar-refractivity contribution < 1.29 is 14.9 Å². The molecule has 0 bridgehead atoms. The lowest BCUT2D eigenvalue weighted by molar-refractivity contribution is 0.0752. The normalized spacial score (nSPS) is 9.67. The highest BCUT2D eigenvalue weighted by Gasteiger charge is 1.95. The fourth-order valence-corrected chi connectivity index (χ4v) is 0.670. The van der Waals surface area contributed by atoms with Crippen LogP contribution in [0.4, 0.5) is 0 Å². The summed E-state index contributed by atoms with van der Waals surface area (Å²) in [6.45, 7) is 2.72. The van der Waals surface area contributed by atoms with E-state index in [2.05, 4.69) is 12.2 Å². The molecular formula is C9H21NO3S2. The number of hydrogen-bond acceptors (Lipinski definition) is 6. The highest BCUT2D eigenvalue weighted by molar-refractivity contribution is 8.20. The van der Waals surface area contributed by atoms with Crippen LogP contribution < -0.4 is 0 Å². The highest BCUT2D eigenvalue weighted by Crippen LogP contribution is 1.81. The monoisotopic (exact) mass is 255 g/mol. The summed E-state index contributed by atoms with van der Waals surface area (Å²) >= 11 is 5.94. The van der Waals surface area contributed by atoms with Crippen LogP contribution in [0.2, 0.25) is 0 Å². The van der Waals surface area contributed by atoms with Gasteiger partial charge in [0.05, 0.1) is 26.4 Å². The smallest absolute Gasteiger partial charge is 0.0698 e. The zero-order chi connectivity index (χ0) is 11.9. The van der Waals surface area contributed by atoms with E-state index in [0.717, 1.165) is 6.54 Å². The number of rotatable bonds is 8. The molecule has 0 saturated heterocycles. The van der Waals surface area contributed by atoms with Crippen LogP contribution >= 0.6 is 24.0 Å². The third-order valence-corrected chi connectivity index (χ3v) is 2.20. The first-order valence-corrected chi connectivity index (χ1v) is 6.43. The van der Waals surface area contributed by atoms with Gasteiger partial charge in [-0.15, -0.1) is 11.8 Å². The van der Waals surface area contributed by atoms with Gasteiger partial charge in [0.1, 0.15) is 0 Å². The minimum Gasteiger partial charge on any atom is -0.395 e. The van der Waals surface area contributed by atoms with Gasteiger partial charge >= 0.3 is 0 Å². The molecule has 0 aliphatic heterocycles. The number of nitrogens with zero attached hydrogens (tertiary/aromatic N) is 1. The number of thiocarbonyl (C=S) groups is 1. The molecule has 0 atom stereocenters. The molecule has 92 valence electrons. The van der Waals surface area contributed by atoms with Crippen LogP contribution in [0.15, 0.2) is 0 Å². The molecule has 0 heterocycles. The Labute approximate surface area is 102 Å². The Morgan fingerprint density at radius 1 is 1.27 bits per heavy atom. The fraction of sp³-hybridized carbons (Fsp3) is 0.889. The van der Waals surface area contributed by atoms with E-state index in [1.54, 1.807) is 16.5 Å². The summed E-state index contributed by atoms with van der Waals surface area (Å²) in [6, 6.07) is 0. The molecule has 0 rings (SSSR count). The zero-order valence-electron chi connectivity index (χ0n) is 9.39. The predicted octanol–water partition coefficient (Wildman–Crippen LogP) is 0.226. The van der Waals surface area contributed by atoms with E-state index in [9.17, 15) is 0 Å². The van der Waals surface area contributed by atoms with Crippen molar-refractivity contribution in [1.82, 2.24) is 4.90 Å². The lowest BCUT2D eigenvalue weighted by Crippen LogP contribution is -2.26. The van der Waals surface area contributed by atoms with Crippen LogP contribution in [-0.4, -0.2) is 72.6 Å². The topological polar surface area (TPSA) is 52.9 Å². The number of aliphatic hydroxyl groups is 2. The van der Waals surface area contributed by atoms with E-state index >= 15 is 0 Å². The minimum atomic E-state index is 0.0731. The number of hydrogen-bond donors (Lipinski definition) is 2. The van der Waals surface area contributed by atoms with Gasteiger partial charge in [-0.2, -0.15) is 0 Å².